The number of ether oxygens (including phenoxy) is 2. The largest absolute Gasteiger partial charge is 0.447 e. The number of hydrogen-bond acceptors (Lipinski definition) is 9. The van der Waals surface area contributed by atoms with Crippen molar-refractivity contribution in [1.82, 2.24) is 25.2 Å². The van der Waals surface area contributed by atoms with E-state index in [4.69, 9.17) is 9.47 Å². The second kappa shape index (κ2) is 14.0. The number of rotatable bonds is 6. The highest BCUT2D eigenvalue weighted by Crippen LogP contribution is 2.46. The zero-order chi connectivity index (χ0) is 36.7. The summed E-state index contributed by atoms with van der Waals surface area (Å²) in [5.74, 6) is -6.61. The quantitative estimate of drug-likeness (QED) is 0.371. The zero-order valence-corrected chi connectivity index (χ0v) is 29.3. The van der Waals surface area contributed by atoms with Gasteiger partial charge < -0.3 is 25.0 Å². The summed E-state index contributed by atoms with van der Waals surface area (Å²) in [5, 5.41) is 4.33. The summed E-state index contributed by atoms with van der Waals surface area (Å²) in [6.07, 6.45) is -1.70. The van der Waals surface area contributed by atoms with Crippen LogP contribution < -0.4 is 15.4 Å². The predicted octanol–water partition coefficient (Wildman–Crippen LogP) is 2.86. The van der Waals surface area contributed by atoms with Crippen molar-refractivity contribution in [3.05, 3.63) is 47.5 Å². The van der Waals surface area contributed by atoms with Crippen LogP contribution in [0.5, 0.6) is 0 Å². The summed E-state index contributed by atoms with van der Waals surface area (Å²) in [7, 11) is -4.00. The number of hydrogen-bond donors (Lipinski definition) is 3. The Morgan fingerprint density at radius 2 is 1.73 bits per heavy atom. The molecule has 2 saturated carbocycles. The van der Waals surface area contributed by atoms with Crippen LogP contribution in [0, 0.1) is 5.92 Å². The number of alkyl carbamates (subject to hydrolysis) is 1. The molecule has 3 fully saturated rings. The average Bonchev–Trinajstić information content (AvgIpc) is 3.94. The number of carbonyl (C=O) groups is 5. The minimum Gasteiger partial charge on any atom is -0.447 e. The van der Waals surface area contributed by atoms with Gasteiger partial charge in [0.15, 0.2) is 0 Å². The molecule has 0 radical (unpaired) electrons. The van der Waals surface area contributed by atoms with Gasteiger partial charge in [-0.3, -0.25) is 24.0 Å². The van der Waals surface area contributed by atoms with Gasteiger partial charge in [-0.25, -0.2) is 26.8 Å². The van der Waals surface area contributed by atoms with Crippen LogP contribution in [-0.4, -0.2) is 95.7 Å². The lowest BCUT2D eigenvalue weighted by atomic mass is 10.0. The molecule has 278 valence electrons. The number of carbonyl (C=O) groups excluding carboxylic acids is 5. The van der Waals surface area contributed by atoms with Gasteiger partial charge in [-0.1, -0.05) is 36.4 Å². The number of halogens is 2. The Hall–Kier alpha value is -4.28. The highest BCUT2D eigenvalue weighted by molar-refractivity contribution is 7.91. The van der Waals surface area contributed by atoms with Crippen molar-refractivity contribution in [2.24, 2.45) is 5.92 Å². The molecule has 5 amide bonds. The zero-order valence-electron chi connectivity index (χ0n) is 28.4. The summed E-state index contributed by atoms with van der Waals surface area (Å²) in [6, 6.07) is 4.59. The van der Waals surface area contributed by atoms with Crippen LogP contribution in [0.15, 0.2) is 36.4 Å². The van der Waals surface area contributed by atoms with E-state index in [2.05, 4.69) is 15.4 Å². The number of fused-ring (bicyclic) bond motifs is 3. The molecule has 14 nitrogen and oxygen atoms in total. The first kappa shape index (κ1) is 36.5. The van der Waals surface area contributed by atoms with Crippen molar-refractivity contribution in [2.45, 2.75) is 119 Å². The Morgan fingerprint density at radius 3 is 2.37 bits per heavy atom. The maximum Gasteiger partial charge on any atom is 0.410 e. The van der Waals surface area contributed by atoms with E-state index in [9.17, 15) is 32.4 Å². The summed E-state index contributed by atoms with van der Waals surface area (Å²) < 4.78 is 68.6. The molecule has 2 aliphatic carbocycles. The molecule has 3 aliphatic heterocycles. The summed E-state index contributed by atoms with van der Waals surface area (Å²) in [4.78, 5) is 70.3. The Labute approximate surface area is 294 Å². The first-order valence-corrected chi connectivity index (χ1v) is 18.8. The van der Waals surface area contributed by atoms with Gasteiger partial charge in [0.05, 0.1) is 17.9 Å². The third-order valence-electron chi connectivity index (χ3n) is 9.96. The highest BCUT2D eigenvalue weighted by atomic mass is 32.2. The second-order valence-electron chi connectivity index (χ2n) is 14.3. The normalized spacial score (nSPS) is 29.7. The van der Waals surface area contributed by atoms with Crippen LogP contribution in [0.3, 0.4) is 0 Å². The third kappa shape index (κ3) is 8.28. The van der Waals surface area contributed by atoms with Crippen molar-refractivity contribution in [1.29, 1.82) is 0 Å². The summed E-state index contributed by atoms with van der Waals surface area (Å²) in [6.45, 7) is 3.43. The lowest BCUT2D eigenvalue weighted by molar-refractivity contribution is -0.141. The minimum absolute atomic E-state index is 0.00250. The van der Waals surface area contributed by atoms with Gasteiger partial charge >= 0.3 is 12.2 Å². The molecule has 1 saturated heterocycles. The molecule has 51 heavy (non-hydrogen) atoms. The van der Waals surface area contributed by atoms with Crippen LogP contribution >= 0.6 is 0 Å². The SMILES string of the molecule is CC(C)OC(=O)N[C@H]1CCC(F)(F)CC/C=C\[C@@H]2C[C@@]2(C(=O)NS(=O)(=O)C2CC2)NC(=O)[C@@H]2C[C@@H](OC(=O)N3Cc4ccccc4C3)CN2C1=O. The second-order valence-corrected chi connectivity index (χ2v) is 16.3. The molecule has 1 aromatic carbocycles. The first-order chi connectivity index (χ1) is 24.1. The Kier molecular flexibility index (Phi) is 10.0. The van der Waals surface area contributed by atoms with Crippen molar-refractivity contribution in [2.75, 3.05) is 6.54 Å². The van der Waals surface area contributed by atoms with Crippen molar-refractivity contribution in [3.63, 3.8) is 0 Å². The van der Waals surface area contributed by atoms with Crippen LogP contribution in [0.2, 0.25) is 0 Å². The van der Waals surface area contributed by atoms with E-state index in [1.54, 1.807) is 13.8 Å². The molecular weight excluding hydrogens is 692 g/mol. The van der Waals surface area contributed by atoms with Gasteiger partial charge in [0.2, 0.25) is 27.8 Å². The number of nitrogens with zero attached hydrogens (tertiary/aromatic N) is 2. The maximum absolute atomic E-state index is 15.1. The van der Waals surface area contributed by atoms with E-state index in [1.807, 2.05) is 24.3 Å². The van der Waals surface area contributed by atoms with Crippen LogP contribution in [0.25, 0.3) is 0 Å². The fourth-order valence-corrected chi connectivity index (χ4v) is 8.27. The molecule has 1 aromatic rings. The number of alkyl halides is 2. The predicted molar refractivity (Wildman–Crippen MR) is 176 cm³/mol. The van der Waals surface area contributed by atoms with Crippen LogP contribution in [-0.2, 0) is 47.0 Å². The van der Waals surface area contributed by atoms with Crippen molar-refractivity contribution >= 4 is 39.9 Å². The number of sulfonamides is 1. The van der Waals surface area contributed by atoms with E-state index in [1.165, 1.54) is 17.1 Å². The fourth-order valence-electron chi connectivity index (χ4n) is 6.90. The number of amides is 5. The molecule has 6 rings (SSSR count). The van der Waals surface area contributed by atoms with Crippen molar-refractivity contribution in [3.8, 4) is 0 Å². The monoisotopic (exact) mass is 735 g/mol. The summed E-state index contributed by atoms with van der Waals surface area (Å²) >= 11 is 0. The Morgan fingerprint density at radius 1 is 1.04 bits per heavy atom. The number of benzene rings is 1. The molecular formula is C34H43F2N5O9S. The molecule has 0 bridgehead atoms. The minimum atomic E-state index is -4.00. The lowest BCUT2D eigenvalue weighted by Gasteiger charge is -2.30. The first-order valence-electron chi connectivity index (χ1n) is 17.3. The molecule has 0 spiro atoms. The number of allylic oxidation sites excluding steroid dienone is 1. The maximum atomic E-state index is 15.1. The molecule has 0 unspecified atom stereocenters. The standard InChI is InChI=1S/C34H43F2N5O9S/c1-20(2)49-31(45)37-26-12-14-33(35,36)13-6-5-9-23-16-34(23,30(44)39-51(47,48)25-10-11-25)38-28(42)27-15-24(19-41(27)29(26)43)50-32(46)40-17-21-7-3-4-8-22(21)18-40/h3-5,7-9,20,23-27H,6,10-19H2,1-2H3,(H,37,45)(H,38,42)(H,39,44)/b9-5-/t23-,24-,26+,27+,34-/m1/s1. The summed E-state index contributed by atoms with van der Waals surface area (Å²) in [5.41, 5.74) is 0.173. The molecule has 3 heterocycles. The van der Waals surface area contributed by atoms with Gasteiger partial charge in [0.1, 0.15) is 23.7 Å². The van der Waals surface area contributed by atoms with Gasteiger partial charge in [-0.2, -0.15) is 0 Å². The Bertz CT molecular complexity index is 1690. The Balaban J connectivity index is 1.28. The van der Waals surface area contributed by atoms with E-state index in [0.717, 1.165) is 16.0 Å². The van der Waals surface area contributed by atoms with E-state index < -0.39 is 106 Å². The molecule has 0 aromatic heterocycles. The fraction of sp³-hybridized carbons (Fsp3) is 0.618. The van der Waals surface area contributed by atoms with Crippen LogP contribution in [0.4, 0.5) is 18.4 Å². The van der Waals surface area contributed by atoms with E-state index in [0.29, 0.717) is 25.9 Å². The topological polar surface area (TPSA) is 181 Å². The molecule has 17 heteroatoms. The lowest BCUT2D eigenvalue weighted by Crippen LogP contribution is -2.58. The van der Waals surface area contributed by atoms with Gasteiger partial charge in [0.25, 0.3) is 5.91 Å². The van der Waals surface area contributed by atoms with Gasteiger partial charge in [-0.05, 0) is 57.1 Å². The number of nitrogens with one attached hydrogen (secondary N) is 3. The molecule has 3 N–H and O–H groups in total. The van der Waals surface area contributed by atoms with E-state index >= 15 is 8.78 Å². The molecule has 5 aliphatic rings. The van der Waals surface area contributed by atoms with Gasteiger partial charge in [0, 0.05) is 38.3 Å². The van der Waals surface area contributed by atoms with Gasteiger partial charge in [-0.15, -0.1) is 0 Å². The van der Waals surface area contributed by atoms with Crippen LogP contribution in [0.1, 0.15) is 76.3 Å². The highest BCUT2D eigenvalue weighted by Gasteiger charge is 2.62. The smallest absolute Gasteiger partial charge is 0.410 e. The molecule has 5 atom stereocenters. The van der Waals surface area contributed by atoms with Crippen molar-refractivity contribution < 1.29 is 50.6 Å². The van der Waals surface area contributed by atoms with E-state index in [-0.39, 0.29) is 25.8 Å². The average molecular weight is 736 g/mol. The third-order valence-corrected chi connectivity index (χ3v) is 11.8.